The van der Waals surface area contributed by atoms with Crippen molar-refractivity contribution in [3.8, 4) is 17.5 Å². The summed E-state index contributed by atoms with van der Waals surface area (Å²) in [5, 5.41) is 25.8. The Kier molecular flexibility index (Phi) is 12.1. The minimum atomic E-state index is -3.17. The Labute approximate surface area is 300 Å². The number of nitrogens with one attached hydrogen (secondary N) is 1. The van der Waals surface area contributed by atoms with Gasteiger partial charge in [-0.2, -0.15) is 5.26 Å². The molecule has 0 saturated carbocycles. The number of alkyl carbamates (subject to hydrolysis) is 1. The minimum Gasteiger partial charge on any atom is -0.450 e. The topological polar surface area (TPSA) is 118 Å². The van der Waals surface area contributed by atoms with Crippen LogP contribution >= 0.6 is 6.89 Å². The summed E-state index contributed by atoms with van der Waals surface area (Å²) in [6.07, 6.45) is 1.81. The minimum absolute atomic E-state index is 0.0481. The molecule has 1 amide bonds. The van der Waals surface area contributed by atoms with E-state index in [2.05, 4.69) is 21.6 Å². The molecule has 0 radical (unpaired) electrons. The van der Waals surface area contributed by atoms with Gasteiger partial charge in [0.25, 0.3) is 0 Å². The summed E-state index contributed by atoms with van der Waals surface area (Å²) in [5.74, 6) is -0.0733. The molecule has 1 aromatic heterocycles. The number of rotatable bonds is 15. The van der Waals surface area contributed by atoms with Crippen molar-refractivity contribution in [2.45, 2.75) is 65.3 Å². The number of ketones is 1. The van der Waals surface area contributed by atoms with E-state index in [0.717, 1.165) is 27.9 Å². The molecule has 262 valence electrons. The molecular formula is C42H45N4O4P. The summed E-state index contributed by atoms with van der Waals surface area (Å²) in [5.41, 5.74) is -1.94. The summed E-state index contributed by atoms with van der Waals surface area (Å²) in [6, 6.07) is 41.0. The number of hydrogen-bond acceptors (Lipinski definition) is 7. The van der Waals surface area contributed by atoms with Crippen molar-refractivity contribution in [2.24, 2.45) is 5.41 Å². The Bertz CT molecular complexity index is 1900. The van der Waals surface area contributed by atoms with Gasteiger partial charge in [-0.05, 0) is 53.2 Å². The van der Waals surface area contributed by atoms with Gasteiger partial charge in [0.2, 0.25) is 17.6 Å². The quantitative estimate of drug-likeness (QED) is 0.0882. The van der Waals surface area contributed by atoms with E-state index in [1.807, 2.05) is 149 Å². The van der Waals surface area contributed by atoms with Gasteiger partial charge in [0.05, 0.1) is 13.0 Å². The third kappa shape index (κ3) is 7.60. The fraction of sp³-hybridized carbons (Fsp3) is 0.286. The number of hydrogen-bond donors (Lipinski definition) is 1. The highest BCUT2D eigenvalue weighted by Gasteiger charge is 2.55. The number of nitriles is 1. The van der Waals surface area contributed by atoms with Crippen molar-refractivity contribution < 1.29 is 18.7 Å². The zero-order valence-electron chi connectivity index (χ0n) is 29.7. The molecule has 0 spiro atoms. The molecule has 51 heavy (non-hydrogen) atoms. The second-order valence-electron chi connectivity index (χ2n) is 13.2. The Balaban J connectivity index is 1.87. The first kappa shape index (κ1) is 37.0. The van der Waals surface area contributed by atoms with E-state index in [9.17, 15) is 10.1 Å². The number of carbonyl (C=O) groups is 2. The van der Waals surface area contributed by atoms with Crippen LogP contribution < -0.4 is 21.2 Å². The molecule has 0 aliphatic carbocycles. The van der Waals surface area contributed by atoms with Crippen LogP contribution in [0.5, 0.6) is 0 Å². The molecule has 0 unspecified atom stereocenters. The summed E-state index contributed by atoms with van der Waals surface area (Å²) < 4.78 is 11.9. The Hall–Kier alpha value is -5.25. The Morgan fingerprint density at radius 2 is 1.29 bits per heavy atom. The first-order chi connectivity index (χ1) is 24.7. The van der Waals surface area contributed by atoms with E-state index in [1.165, 1.54) is 0 Å². The van der Waals surface area contributed by atoms with E-state index in [-0.39, 0.29) is 30.1 Å². The van der Waals surface area contributed by atoms with Crippen LogP contribution in [0.15, 0.2) is 126 Å². The molecule has 5 aromatic rings. The number of Topliss-reactive ketones (excluding diaryl/α,β-unsaturated/α-hetero) is 1. The fourth-order valence-electron chi connectivity index (χ4n) is 6.77. The molecule has 0 bridgehead atoms. The van der Waals surface area contributed by atoms with Crippen LogP contribution in [0.1, 0.15) is 59.3 Å². The van der Waals surface area contributed by atoms with Gasteiger partial charge in [-0.1, -0.05) is 150 Å². The highest BCUT2D eigenvalue weighted by Crippen LogP contribution is 2.49. The van der Waals surface area contributed by atoms with Crippen molar-refractivity contribution in [3.05, 3.63) is 127 Å². The van der Waals surface area contributed by atoms with Crippen molar-refractivity contribution in [1.29, 1.82) is 5.26 Å². The van der Waals surface area contributed by atoms with Gasteiger partial charge in [-0.3, -0.25) is 4.79 Å². The standard InChI is InChI=1S/C42H45N4O4P/c1-5-7-29-49-40(48)44-42(41(3,4)28-6-2,30-37-45-46-39(50-37)32-20-12-8-13-21-32)38(47)36(31-43)51(33-22-14-9-15-23-33,34-24-16-10-17-25-34)35-26-18-11-19-27-35/h8-27H,5-7,28-30H2,1-4H3,(H,44,48)/t42-/m0/s1. The maximum absolute atomic E-state index is 16.0. The van der Waals surface area contributed by atoms with E-state index >= 15 is 4.79 Å². The molecule has 0 saturated heterocycles. The third-order valence-electron chi connectivity index (χ3n) is 9.46. The number of benzene rings is 4. The number of nitrogens with zero attached hydrogens (tertiary/aromatic N) is 3. The largest absolute Gasteiger partial charge is 0.450 e. The third-order valence-corrected chi connectivity index (χ3v) is 13.6. The van der Waals surface area contributed by atoms with Gasteiger partial charge in [0, 0.05) is 5.56 Å². The van der Waals surface area contributed by atoms with Crippen LogP contribution in [0.4, 0.5) is 4.79 Å². The van der Waals surface area contributed by atoms with Crippen LogP contribution in [-0.4, -0.2) is 39.5 Å². The fourth-order valence-corrected chi connectivity index (χ4v) is 10.9. The van der Waals surface area contributed by atoms with Gasteiger partial charge in [0.15, 0.2) is 0 Å². The van der Waals surface area contributed by atoms with E-state index in [0.29, 0.717) is 19.3 Å². The summed E-state index contributed by atoms with van der Waals surface area (Å²) >= 11 is 0. The second kappa shape index (κ2) is 16.6. The highest BCUT2D eigenvalue weighted by molar-refractivity contribution is 7.97. The van der Waals surface area contributed by atoms with Gasteiger partial charge in [-0.25, -0.2) is 4.79 Å². The molecule has 1 N–H and O–H groups in total. The molecule has 9 heteroatoms. The maximum Gasteiger partial charge on any atom is 0.407 e. The maximum atomic E-state index is 16.0. The predicted octanol–water partition coefficient (Wildman–Crippen LogP) is 7.63. The van der Waals surface area contributed by atoms with E-state index in [4.69, 9.17) is 9.15 Å². The van der Waals surface area contributed by atoms with Crippen molar-refractivity contribution >= 4 is 40.0 Å². The number of amides is 1. The normalized spacial score (nSPS) is 12.7. The molecule has 0 aliphatic heterocycles. The van der Waals surface area contributed by atoms with Crippen molar-refractivity contribution in [2.75, 3.05) is 6.61 Å². The highest BCUT2D eigenvalue weighted by atomic mass is 31.2. The van der Waals surface area contributed by atoms with Gasteiger partial charge >= 0.3 is 6.09 Å². The van der Waals surface area contributed by atoms with Crippen LogP contribution in [0.25, 0.3) is 11.5 Å². The van der Waals surface area contributed by atoms with Crippen LogP contribution in [0, 0.1) is 16.7 Å². The first-order valence-electron chi connectivity index (χ1n) is 17.4. The molecule has 1 heterocycles. The number of carbonyl (C=O) groups excluding carboxylic acids is 2. The molecular weight excluding hydrogens is 655 g/mol. The van der Waals surface area contributed by atoms with Crippen molar-refractivity contribution in [1.82, 2.24) is 15.5 Å². The number of aromatic nitrogens is 2. The molecule has 0 aliphatic rings. The zero-order valence-corrected chi connectivity index (χ0v) is 30.6. The SMILES string of the molecule is CCCCOC(=O)N[C@@](Cc1nnc(-c2ccccc2)o1)(C(=O)C(C#N)=P(c1ccccc1)(c1ccccc1)c1ccccc1)C(C)(C)CCC. The monoisotopic (exact) mass is 700 g/mol. The Morgan fingerprint density at radius 1 is 0.784 bits per heavy atom. The van der Waals surface area contributed by atoms with Gasteiger partial charge < -0.3 is 14.5 Å². The molecule has 4 aromatic carbocycles. The Morgan fingerprint density at radius 3 is 1.76 bits per heavy atom. The average Bonchev–Trinajstić information content (AvgIpc) is 3.63. The summed E-state index contributed by atoms with van der Waals surface area (Å²) in [4.78, 5) is 29.9. The van der Waals surface area contributed by atoms with Crippen molar-refractivity contribution in [3.63, 3.8) is 0 Å². The second-order valence-corrected chi connectivity index (χ2v) is 16.5. The summed E-state index contributed by atoms with van der Waals surface area (Å²) in [7, 11) is 0. The molecule has 5 rings (SSSR count). The zero-order chi connectivity index (χ0) is 36.3. The van der Waals surface area contributed by atoms with Gasteiger partial charge in [-0.15, -0.1) is 10.2 Å². The lowest BCUT2D eigenvalue weighted by Gasteiger charge is -2.46. The number of unbranched alkanes of at least 4 members (excludes halogenated alkanes) is 1. The van der Waals surface area contributed by atoms with Crippen LogP contribution in [0.3, 0.4) is 0 Å². The average molecular weight is 701 g/mol. The van der Waals surface area contributed by atoms with Crippen LogP contribution in [0.2, 0.25) is 0 Å². The lowest BCUT2D eigenvalue weighted by Crippen LogP contribution is -2.66. The lowest BCUT2D eigenvalue weighted by atomic mass is 9.64. The smallest absolute Gasteiger partial charge is 0.407 e. The van der Waals surface area contributed by atoms with Crippen LogP contribution in [-0.2, 0) is 16.0 Å². The number of ether oxygens (including phenoxy) is 1. The van der Waals surface area contributed by atoms with E-state index < -0.39 is 29.7 Å². The summed E-state index contributed by atoms with van der Waals surface area (Å²) in [6.45, 7) is 4.93. The molecule has 8 nitrogen and oxygen atoms in total. The molecule has 1 atom stereocenters. The molecule has 0 fully saturated rings. The first-order valence-corrected chi connectivity index (χ1v) is 19.2. The van der Waals surface area contributed by atoms with Gasteiger partial charge in [0.1, 0.15) is 16.9 Å². The van der Waals surface area contributed by atoms with E-state index in [1.54, 1.807) is 0 Å². The predicted molar refractivity (Wildman–Crippen MR) is 205 cm³/mol. The lowest BCUT2D eigenvalue weighted by molar-refractivity contribution is -0.123.